The molecule has 0 saturated carbocycles. The number of carbonyl (C=O) groups excluding carboxylic acids is 2. The number of phenolic OH excluding ortho intramolecular Hbond substituents is 1. The summed E-state index contributed by atoms with van der Waals surface area (Å²) in [6, 6.07) is 13.2. The largest absolute Gasteiger partial charge is 0.508 e. The number of benzene rings is 2. The number of nitriles is 1. The molecular formula is C22H23IN2O6S. The summed E-state index contributed by atoms with van der Waals surface area (Å²) in [7, 11) is 0. The van der Waals surface area contributed by atoms with E-state index in [1.165, 1.54) is 6.07 Å². The van der Waals surface area contributed by atoms with Crippen molar-refractivity contribution in [2.75, 3.05) is 24.3 Å². The number of rotatable bonds is 10. The fraction of sp³-hybridized carbons (Fsp3) is 0.318. The van der Waals surface area contributed by atoms with Crippen molar-refractivity contribution in [3.8, 4) is 11.8 Å². The predicted octanol–water partition coefficient (Wildman–Crippen LogP) is 4.43. The summed E-state index contributed by atoms with van der Waals surface area (Å²) in [5, 5.41) is 21.9. The molecule has 0 aromatic heterocycles. The molecule has 2 aromatic carbocycles. The highest BCUT2D eigenvalue weighted by Gasteiger charge is 2.30. The third-order valence-electron chi connectivity index (χ3n) is 4.30. The average molecular weight is 570 g/mol. The Labute approximate surface area is 205 Å². The Hall–Kier alpha value is -2.49. The molecular weight excluding hydrogens is 547 g/mol. The SMILES string of the molecule is CCO[C@H](CCOC(=O)CS)[C@H](OC(=O)Nc1ccc(C#N)cc1)c1cc(I)ccc1O. The van der Waals surface area contributed by atoms with Gasteiger partial charge in [0.15, 0.2) is 6.10 Å². The van der Waals surface area contributed by atoms with Crippen LogP contribution >= 0.6 is 35.2 Å². The first-order chi connectivity index (χ1) is 15.4. The molecule has 0 aliphatic rings. The lowest BCUT2D eigenvalue weighted by Crippen LogP contribution is -2.30. The number of ether oxygens (including phenoxy) is 3. The van der Waals surface area contributed by atoms with Crippen LogP contribution in [0.1, 0.15) is 30.6 Å². The molecule has 0 radical (unpaired) electrons. The van der Waals surface area contributed by atoms with E-state index in [0.717, 1.165) is 3.57 Å². The van der Waals surface area contributed by atoms with Gasteiger partial charge in [0.05, 0.1) is 24.0 Å². The Morgan fingerprint density at radius 3 is 2.59 bits per heavy atom. The highest BCUT2D eigenvalue weighted by molar-refractivity contribution is 14.1. The quantitative estimate of drug-likeness (QED) is 0.220. The fourth-order valence-electron chi connectivity index (χ4n) is 2.85. The number of hydrogen-bond acceptors (Lipinski definition) is 8. The predicted molar refractivity (Wildman–Crippen MR) is 130 cm³/mol. The van der Waals surface area contributed by atoms with Gasteiger partial charge >= 0.3 is 12.1 Å². The Bertz CT molecular complexity index is 964. The second-order valence-corrected chi connectivity index (χ2v) is 8.07. The molecule has 0 bridgehead atoms. The van der Waals surface area contributed by atoms with Gasteiger partial charge in [-0.1, -0.05) is 0 Å². The topological polar surface area (TPSA) is 118 Å². The minimum Gasteiger partial charge on any atom is -0.508 e. The minimum absolute atomic E-state index is 0.0336. The third kappa shape index (κ3) is 7.89. The molecule has 1 amide bonds. The highest BCUT2D eigenvalue weighted by Crippen LogP contribution is 2.34. The minimum atomic E-state index is -0.974. The lowest BCUT2D eigenvalue weighted by atomic mass is 10.0. The summed E-state index contributed by atoms with van der Waals surface area (Å²) in [6.45, 7) is 2.13. The number of halogens is 1. The van der Waals surface area contributed by atoms with E-state index in [1.807, 2.05) is 6.07 Å². The van der Waals surface area contributed by atoms with Crippen molar-refractivity contribution in [1.29, 1.82) is 5.26 Å². The Kier molecular flexibility index (Phi) is 10.6. The fourth-order valence-corrected chi connectivity index (χ4v) is 3.46. The zero-order valence-corrected chi connectivity index (χ0v) is 20.3. The van der Waals surface area contributed by atoms with E-state index in [4.69, 9.17) is 19.5 Å². The molecule has 8 nitrogen and oxygen atoms in total. The normalized spacial score (nSPS) is 12.3. The average Bonchev–Trinajstić information content (AvgIpc) is 2.79. The number of nitrogens with one attached hydrogen (secondary N) is 1. The van der Waals surface area contributed by atoms with Crippen LogP contribution in [-0.4, -0.2) is 42.2 Å². The van der Waals surface area contributed by atoms with E-state index in [9.17, 15) is 14.7 Å². The zero-order valence-electron chi connectivity index (χ0n) is 17.3. The molecule has 10 heteroatoms. The van der Waals surface area contributed by atoms with Crippen LogP contribution in [0.2, 0.25) is 0 Å². The number of hydrogen-bond donors (Lipinski definition) is 3. The molecule has 2 atom stereocenters. The van der Waals surface area contributed by atoms with Crippen molar-refractivity contribution >= 4 is 53.0 Å². The number of nitrogens with zero attached hydrogens (tertiary/aromatic N) is 1. The molecule has 2 N–H and O–H groups in total. The van der Waals surface area contributed by atoms with E-state index in [1.54, 1.807) is 43.3 Å². The molecule has 0 spiro atoms. The maximum Gasteiger partial charge on any atom is 0.412 e. The number of esters is 1. The Balaban J connectivity index is 2.25. The van der Waals surface area contributed by atoms with Crippen molar-refractivity contribution in [3.05, 3.63) is 57.2 Å². The molecule has 0 unspecified atom stereocenters. The lowest BCUT2D eigenvalue weighted by molar-refractivity contribution is -0.142. The molecule has 0 saturated heterocycles. The van der Waals surface area contributed by atoms with Gasteiger partial charge in [0, 0.05) is 27.8 Å². The first kappa shape index (κ1) is 25.8. The summed E-state index contributed by atoms with van der Waals surface area (Å²) in [5.74, 6) is -0.584. The number of phenols is 1. The maximum absolute atomic E-state index is 12.7. The number of anilines is 1. The number of carbonyl (C=O) groups is 2. The molecule has 32 heavy (non-hydrogen) atoms. The van der Waals surface area contributed by atoms with E-state index in [2.05, 4.69) is 40.5 Å². The van der Waals surface area contributed by atoms with Crippen LogP contribution in [-0.2, 0) is 19.0 Å². The van der Waals surface area contributed by atoms with Crippen LogP contribution < -0.4 is 5.32 Å². The van der Waals surface area contributed by atoms with Gasteiger partial charge in [-0.2, -0.15) is 17.9 Å². The number of thiol groups is 1. The Morgan fingerprint density at radius 1 is 1.25 bits per heavy atom. The van der Waals surface area contributed by atoms with E-state index in [-0.39, 0.29) is 24.5 Å². The molecule has 2 aromatic rings. The second-order valence-electron chi connectivity index (χ2n) is 6.50. The summed E-state index contributed by atoms with van der Waals surface area (Å²) < 4.78 is 17.4. The second kappa shape index (κ2) is 13.1. The highest BCUT2D eigenvalue weighted by atomic mass is 127. The van der Waals surface area contributed by atoms with Crippen LogP contribution in [0.3, 0.4) is 0 Å². The van der Waals surface area contributed by atoms with Crippen LogP contribution in [0.25, 0.3) is 0 Å². The van der Waals surface area contributed by atoms with E-state index >= 15 is 0 Å². The molecule has 170 valence electrons. The Morgan fingerprint density at radius 2 is 1.97 bits per heavy atom. The first-order valence-corrected chi connectivity index (χ1v) is 11.4. The van der Waals surface area contributed by atoms with Gasteiger partial charge in [-0.3, -0.25) is 10.1 Å². The third-order valence-corrected chi connectivity index (χ3v) is 5.23. The smallest absolute Gasteiger partial charge is 0.412 e. The molecule has 0 fully saturated rings. The number of aromatic hydroxyl groups is 1. The van der Waals surface area contributed by atoms with Gasteiger partial charge in [-0.05, 0) is 72.0 Å². The van der Waals surface area contributed by atoms with Gasteiger partial charge < -0.3 is 19.3 Å². The monoisotopic (exact) mass is 570 g/mol. The van der Waals surface area contributed by atoms with Crippen molar-refractivity contribution in [1.82, 2.24) is 0 Å². The molecule has 0 aliphatic heterocycles. The summed E-state index contributed by atoms with van der Waals surface area (Å²) in [5.41, 5.74) is 1.26. The van der Waals surface area contributed by atoms with Crippen LogP contribution in [0.15, 0.2) is 42.5 Å². The summed E-state index contributed by atoms with van der Waals surface area (Å²) in [4.78, 5) is 24.1. The molecule has 0 aliphatic carbocycles. The van der Waals surface area contributed by atoms with Crippen LogP contribution in [0.4, 0.5) is 10.5 Å². The summed E-state index contributed by atoms with van der Waals surface area (Å²) in [6.07, 6.45) is -2.20. The van der Waals surface area contributed by atoms with Crippen molar-refractivity contribution < 1.29 is 28.9 Å². The first-order valence-electron chi connectivity index (χ1n) is 9.72. The maximum atomic E-state index is 12.7. The lowest BCUT2D eigenvalue weighted by Gasteiger charge is -2.28. The van der Waals surface area contributed by atoms with Crippen LogP contribution in [0.5, 0.6) is 5.75 Å². The van der Waals surface area contributed by atoms with E-state index in [0.29, 0.717) is 23.4 Å². The molecule has 2 rings (SSSR count). The zero-order chi connectivity index (χ0) is 23.5. The standard InChI is InChI=1S/C22H23IN2O6S/c1-2-29-19(9-10-30-20(27)13-32)21(17-11-15(23)5-8-18(17)26)31-22(28)25-16-6-3-14(12-24)4-7-16/h3-8,11,19,21,26,32H,2,9-10,13H2,1H3,(H,25,28)/t19-,21-/m1/s1. The summed E-state index contributed by atoms with van der Waals surface area (Å²) >= 11 is 5.96. The van der Waals surface area contributed by atoms with Crippen molar-refractivity contribution in [2.24, 2.45) is 0 Å². The van der Waals surface area contributed by atoms with Gasteiger partial charge in [-0.25, -0.2) is 4.79 Å². The van der Waals surface area contributed by atoms with E-state index < -0.39 is 24.3 Å². The van der Waals surface area contributed by atoms with Gasteiger partial charge in [0.2, 0.25) is 0 Å². The number of amides is 1. The van der Waals surface area contributed by atoms with Gasteiger partial charge in [-0.15, -0.1) is 0 Å². The van der Waals surface area contributed by atoms with Crippen molar-refractivity contribution in [2.45, 2.75) is 25.6 Å². The van der Waals surface area contributed by atoms with Crippen molar-refractivity contribution in [3.63, 3.8) is 0 Å². The van der Waals surface area contributed by atoms with Gasteiger partial charge in [0.1, 0.15) is 11.9 Å². The molecule has 0 heterocycles. The van der Waals surface area contributed by atoms with Crippen LogP contribution in [0, 0.1) is 14.9 Å². The van der Waals surface area contributed by atoms with Gasteiger partial charge in [0.25, 0.3) is 0 Å².